The maximum absolute atomic E-state index is 13.6. The van der Waals surface area contributed by atoms with Gasteiger partial charge in [-0.25, -0.2) is 0 Å². The molecule has 1 atom stereocenters. The van der Waals surface area contributed by atoms with Crippen LogP contribution in [0, 0.1) is 0 Å². The van der Waals surface area contributed by atoms with Crippen LogP contribution in [-0.2, 0) is 22.4 Å². The zero-order chi connectivity index (χ0) is 22.3. The van der Waals surface area contributed by atoms with Crippen LogP contribution in [0.3, 0.4) is 0 Å². The third-order valence-electron chi connectivity index (χ3n) is 6.06. The van der Waals surface area contributed by atoms with Gasteiger partial charge in [-0.3, -0.25) is 9.59 Å². The minimum Gasteiger partial charge on any atom is -0.333 e. The van der Waals surface area contributed by atoms with Gasteiger partial charge in [0, 0.05) is 18.0 Å². The monoisotopic (exact) mass is 446 g/mol. The molecule has 1 aromatic heterocycles. The molecule has 1 aliphatic rings. The first-order valence-corrected chi connectivity index (χ1v) is 12.3. The Morgan fingerprint density at radius 1 is 1.03 bits per heavy atom. The normalized spacial score (nSPS) is 15.3. The van der Waals surface area contributed by atoms with Crippen molar-refractivity contribution in [1.29, 1.82) is 0 Å². The van der Waals surface area contributed by atoms with E-state index in [1.165, 1.54) is 10.4 Å². The largest absolute Gasteiger partial charge is 0.333 e. The van der Waals surface area contributed by atoms with Crippen LogP contribution in [0.2, 0.25) is 0 Å². The molecular formula is C27H30N2O2S. The van der Waals surface area contributed by atoms with E-state index in [1.807, 2.05) is 53.4 Å². The number of carbonyl (C=O) groups is 2. The Kier molecular flexibility index (Phi) is 7.38. The Morgan fingerprint density at radius 3 is 2.47 bits per heavy atom. The van der Waals surface area contributed by atoms with Crippen molar-refractivity contribution in [3.8, 4) is 0 Å². The number of rotatable bonds is 8. The second-order valence-corrected chi connectivity index (χ2v) is 9.28. The predicted molar refractivity (Wildman–Crippen MR) is 130 cm³/mol. The summed E-state index contributed by atoms with van der Waals surface area (Å²) >= 11 is 1.77. The molecule has 0 saturated carbocycles. The van der Waals surface area contributed by atoms with Gasteiger partial charge in [0.2, 0.25) is 11.8 Å². The third kappa shape index (κ3) is 5.10. The lowest BCUT2D eigenvalue weighted by atomic mass is 9.93. The molecule has 2 amide bonds. The lowest BCUT2D eigenvalue weighted by Crippen LogP contribution is -2.47. The van der Waals surface area contributed by atoms with Crippen LogP contribution in [0.25, 0.3) is 0 Å². The summed E-state index contributed by atoms with van der Waals surface area (Å²) in [5, 5.41) is 2.12. The number of hydrogen-bond acceptors (Lipinski definition) is 3. The van der Waals surface area contributed by atoms with Crippen LogP contribution in [-0.4, -0.2) is 41.2 Å². The zero-order valence-electron chi connectivity index (χ0n) is 18.6. The quantitative estimate of drug-likeness (QED) is 0.483. The summed E-state index contributed by atoms with van der Waals surface area (Å²) in [5.74, 6) is 0.0377. The lowest BCUT2D eigenvalue weighted by Gasteiger charge is -2.37. The van der Waals surface area contributed by atoms with Crippen molar-refractivity contribution in [1.82, 2.24) is 9.80 Å². The molecule has 3 aromatic rings. The number of carbonyl (C=O) groups excluding carboxylic acids is 2. The molecule has 0 radical (unpaired) electrons. The molecule has 166 valence electrons. The molecule has 2 heterocycles. The summed E-state index contributed by atoms with van der Waals surface area (Å²) in [5.41, 5.74) is 3.32. The van der Waals surface area contributed by atoms with Gasteiger partial charge in [-0.15, -0.1) is 11.3 Å². The molecule has 5 heteroatoms. The summed E-state index contributed by atoms with van der Waals surface area (Å²) in [4.78, 5) is 31.8. The third-order valence-corrected chi connectivity index (χ3v) is 7.06. The van der Waals surface area contributed by atoms with Gasteiger partial charge in [0.15, 0.2) is 0 Å². The standard InChI is InChI=1S/C27H30N2O2S/c1-2-3-16-28(25(30)19-21-10-6-4-7-11-21)20-26(31)29-17-14-24-23(15-18-32-24)27(29)22-12-8-5-9-13-22/h4-13,15,18,27H,2-3,14,16-17,19-20H2,1H3. The van der Waals surface area contributed by atoms with Crippen LogP contribution in [0.1, 0.15) is 47.4 Å². The van der Waals surface area contributed by atoms with E-state index in [0.717, 1.165) is 30.4 Å². The number of hydrogen-bond donors (Lipinski definition) is 0. The Bertz CT molecular complexity index is 1030. The minimum atomic E-state index is -0.0871. The van der Waals surface area contributed by atoms with E-state index in [9.17, 15) is 9.59 Å². The average Bonchev–Trinajstić information content (AvgIpc) is 3.31. The predicted octanol–water partition coefficient (Wildman–Crippen LogP) is 5.09. The van der Waals surface area contributed by atoms with Gasteiger partial charge in [-0.05, 0) is 41.0 Å². The van der Waals surface area contributed by atoms with Crippen LogP contribution in [0.5, 0.6) is 0 Å². The fraction of sp³-hybridized carbons (Fsp3) is 0.333. The van der Waals surface area contributed by atoms with Crippen molar-refractivity contribution in [3.63, 3.8) is 0 Å². The average molecular weight is 447 g/mol. The fourth-order valence-electron chi connectivity index (χ4n) is 4.36. The van der Waals surface area contributed by atoms with Crippen molar-refractivity contribution in [3.05, 3.63) is 93.7 Å². The first kappa shape index (κ1) is 22.3. The molecule has 1 unspecified atom stereocenters. The van der Waals surface area contributed by atoms with Crippen molar-refractivity contribution in [2.45, 2.75) is 38.6 Å². The van der Waals surface area contributed by atoms with Gasteiger partial charge < -0.3 is 9.80 Å². The first-order valence-electron chi connectivity index (χ1n) is 11.4. The lowest BCUT2D eigenvalue weighted by molar-refractivity contribution is -0.141. The maximum Gasteiger partial charge on any atom is 0.242 e. The summed E-state index contributed by atoms with van der Waals surface area (Å²) < 4.78 is 0. The van der Waals surface area contributed by atoms with Crippen LogP contribution in [0.15, 0.2) is 72.1 Å². The smallest absolute Gasteiger partial charge is 0.242 e. The Morgan fingerprint density at radius 2 is 1.75 bits per heavy atom. The molecule has 4 rings (SSSR count). The van der Waals surface area contributed by atoms with Crippen molar-refractivity contribution in [2.24, 2.45) is 0 Å². The molecule has 0 fully saturated rings. The van der Waals surface area contributed by atoms with Crippen molar-refractivity contribution in [2.75, 3.05) is 19.6 Å². The topological polar surface area (TPSA) is 40.6 Å². The van der Waals surface area contributed by atoms with Crippen LogP contribution < -0.4 is 0 Å². The van der Waals surface area contributed by atoms with E-state index in [1.54, 1.807) is 16.2 Å². The highest BCUT2D eigenvalue weighted by molar-refractivity contribution is 7.10. The van der Waals surface area contributed by atoms with Gasteiger partial charge in [0.25, 0.3) is 0 Å². The van der Waals surface area contributed by atoms with Gasteiger partial charge >= 0.3 is 0 Å². The Balaban J connectivity index is 1.54. The van der Waals surface area contributed by atoms with Crippen molar-refractivity contribution >= 4 is 23.2 Å². The highest BCUT2D eigenvalue weighted by Gasteiger charge is 2.33. The van der Waals surface area contributed by atoms with Gasteiger partial charge in [-0.1, -0.05) is 74.0 Å². The first-order chi connectivity index (χ1) is 15.7. The highest BCUT2D eigenvalue weighted by atomic mass is 32.1. The molecule has 0 saturated heterocycles. The summed E-state index contributed by atoms with van der Waals surface area (Å²) in [6.45, 7) is 3.53. The second kappa shape index (κ2) is 10.6. The number of benzene rings is 2. The van der Waals surface area contributed by atoms with E-state index >= 15 is 0 Å². The number of thiophene rings is 1. The minimum absolute atomic E-state index is 0.0162. The van der Waals surface area contributed by atoms with Gasteiger partial charge in [0.1, 0.15) is 0 Å². The number of amides is 2. The zero-order valence-corrected chi connectivity index (χ0v) is 19.4. The molecule has 32 heavy (non-hydrogen) atoms. The van der Waals surface area contributed by atoms with Crippen LogP contribution in [0.4, 0.5) is 0 Å². The maximum atomic E-state index is 13.6. The molecule has 0 bridgehead atoms. The molecular weight excluding hydrogens is 416 g/mol. The molecule has 0 N–H and O–H groups in total. The fourth-order valence-corrected chi connectivity index (χ4v) is 5.26. The Hall–Kier alpha value is -2.92. The summed E-state index contributed by atoms with van der Waals surface area (Å²) in [7, 11) is 0. The van der Waals surface area contributed by atoms with Gasteiger partial charge in [0.05, 0.1) is 19.0 Å². The van der Waals surface area contributed by atoms with Crippen LogP contribution >= 0.6 is 11.3 Å². The summed E-state index contributed by atoms with van der Waals surface area (Å²) in [6, 6.07) is 22.1. The molecule has 4 nitrogen and oxygen atoms in total. The number of fused-ring (bicyclic) bond motifs is 1. The van der Waals surface area contributed by atoms with E-state index in [4.69, 9.17) is 0 Å². The number of unbranched alkanes of at least 4 members (excludes halogenated alkanes) is 1. The van der Waals surface area contributed by atoms with E-state index in [-0.39, 0.29) is 24.4 Å². The molecule has 0 spiro atoms. The van der Waals surface area contributed by atoms with E-state index in [0.29, 0.717) is 19.5 Å². The SMILES string of the molecule is CCCCN(CC(=O)N1CCc2sccc2C1c1ccccc1)C(=O)Cc1ccccc1. The number of nitrogens with zero attached hydrogens (tertiary/aromatic N) is 2. The van der Waals surface area contributed by atoms with E-state index in [2.05, 4.69) is 30.5 Å². The van der Waals surface area contributed by atoms with Gasteiger partial charge in [-0.2, -0.15) is 0 Å². The molecule has 0 aliphatic carbocycles. The van der Waals surface area contributed by atoms with E-state index < -0.39 is 0 Å². The molecule has 2 aromatic carbocycles. The van der Waals surface area contributed by atoms with Crippen molar-refractivity contribution < 1.29 is 9.59 Å². The highest BCUT2D eigenvalue weighted by Crippen LogP contribution is 2.37. The molecule has 1 aliphatic heterocycles. The second-order valence-electron chi connectivity index (χ2n) is 8.28. The Labute approximate surface area is 194 Å². The summed E-state index contributed by atoms with van der Waals surface area (Å²) in [6.07, 6.45) is 3.08.